The van der Waals surface area contributed by atoms with Crippen molar-refractivity contribution in [3.8, 4) is 0 Å². The Hall–Kier alpha value is -2.00. The predicted molar refractivity (Wildman–Crippen MR) is 87.0 cm³/mol. The van der Waals surface area contributed by atoms with Gasteiger partial charge in [0.05, 0.1) is 9.60 Å². The Morgan fingerprint density at radius 1 is 1.43 bits per heavy atom. The standard InChI is InChI=1S/C17H17ClN2O/c1-3-19-16-20-15-10-9-13(18)11-14(15)17(2,21-16)12-7-5-4-6-8-12/h4-11H,3H2,1-2H3,(H,19,20)/i1D3,2D,3D2,4D,5D,6D,7D,8D. The number of fused-ring (bicyclic) bond motifs is 1. The number of aliphatic imine (C=N–C) groups is 1. The quantitative estimate of drug-likeness (QED) is 0.890. The molecule has 0 bridgehead atoms. The SMILES string of the molecule is [2H]CC1(c2c([2H])c([2H])c([2H])c([2H])c2[2H])OC(=NC([2H])([2H])C([2H])([2H])[2H])Nc2ccc(Cl)cc21. The van der Waals surface area contributed by atoms with Crippen molar-refractivity contribution in [1.29, 1.82) is 0 Å². The highest BCUT2D eigenvalue weighted by molar-refractivity contribution is 6.30. The fraction of sp³-hybridized carbons (Fsp3) is 0.235. The summed E-state index contributed by atoms with van der Waals surface area (Å²) >= 11 is 6.11. The molecule has 0 aliphatic carbocycles. The summed E-state index contributed by atoms with van der Waals surface area (Å²) < 4.78 is 92.1. The van der Waals surface area contributed by atoms with E-state index in [4.69, 9.17) is 31.4 Å². The van der Waals surface area contributed by atoms with E-state index in [0.29, 0.717) is 0 Å². The number of anilines is 1. The summed E-state index contributed by atoms with van der Waals surface area (Å²) in [7, 11) is 0. The zero-order valence-electron chi connectivity index (χ0n) is 21.7. The average molecular weight is 312 g/mol. The van der Waals surface area contributed by atoms with Crippen LogP contribution in [0.4, 0.5) is 5.69 Å². The Bertz CT molecular complexity index is 1090. The predicted octanol–water partition coefficient (Wildman–Crippen LogP) is 4.42. The molecule has 1 aliphatic rings. The molecular formula is C17H17ClN2O. The largest absolute Gasteiger partial charge is 0.449 e. The van der Waals surface area contributed by atoms with E-state index < -0.39 is 62.1 Å². The van der Waals surface area contributed by atoms with Crippen molar-refractivity contribution in [2.75, 3.05) is 11.8 Å². The lowest BCUT2D eigenvalue weighted by molar-refractivity contribution is 0.112. The molecule has 0 saturated carbocycles. The van der Waals surface area contributed by atoms with Gasteiger partial charge in [0, 0.05) is 28.3 Å². The monoisotopic (exact) mass is 311 g/mol. The molecule has 4 heteroatoms. The molecule has 0 aromatic heterocycles. The highest BCUT2D eigenvalue weighted by Gasteiger charge is 2.38. The fourth-order valence-corrected chi connectivity index (χ4v) is 2.23. The smallest absolute Gasteiger partial charge is 0.290 e. The Labute approximate surface area is 145 Å². The van der Waals surface area contributed by atoms with Crippen LogP contribution in [0, 0.1) is 0 Å². The molecule has 3 rings (SSSR count). The molecule has 0 radical (unpaired) electrons. The van der Waals surface area contributed by atoms with Gasteiger partial charge in [0.1, 0.15) is 0 Å². The summed E-state index contributed by atoms with van der Waals surface area (Å²) in [5, 5.41) is 2.84. The number of rotatable bonds is 2. The van der Waals surface area contributed by atoms with Gasteiger partial charge in [-0.25, -0.2) is 4.99 Å². The van der Waals surface area contributed by atoms with E-state index in [0.717, 1.165) is 0 Å². The van der Waals surface area contributed by atoms with Gasteiger partial charge in [-0.05, 0) is 37.5 Å². The van der Waals surface area contributed by atoms with Gasteiger partial charge >= 0.3 is 0 Å². The maximum atomic E-state index is 8.35. The number of nitrogens with zero attached hydrogens (tertiary/aromatic N) is 1. The molecule has 0 fully saturated rings. The molecule has 1 heterocycles. The van der Waals surface area contributed by atoms with Crippen molar-refractivity contribution in [1.82, 2.24) is 0 Å². The van der Waals surface area contributed by atoms with Crippen molar-refractivity contribution in [3.05, 3.63) is 64.6 Å². The van der Waals surface area contributed by atoms with E-state index >= 15 is 0 Å². The Morgan fingerprint density at radius 3 is 3.05 bits per heavy atom. The second-order valence-electron chi connectivity index (χ2n) is 4.27. The normalized spacial score (nSPS) is 31.1. The van der Waals surface area contributed by atoms with E-state index in [-0.39, 0.29) is 21.8 Å². The number of hydrogen-bond donors (Lipinski definition) is 1. The molecule has 0 spiro atoms. The van der Waals surface area contributed by atoms with Crippen molar-refractivity contribution >= 4 is 23.3 Å². The molecule has 0 saturated heterocycles. The lowest BCUT2D eigenvalue weighted by Gasteiger charge is -2.38. The van der Waals surface area contributed by atoms with E-state index in [1.807, 2.05) is 0 Å². The minimum atomic E-state index is -3.15. The van der Waals surface area contributed by atoms with Crippen LogP contribution in [0.25, 0.3) is 0 Å². The fourth-order valence-electron chi connectivity index (χ4n) is 2.06. The number of hydrogen-bond acceptors (Lipinski definition) is 2. The van der Waals surface area contributed by atoms with Crippen LogP contribution in [0.15, 0.2) is 53.4 Å². The molecular weight excluding hydrogens is 284 g/mol. The first-order valence-electron chi connectivity index (χ1n) is 11.6. The Balaban J connectivity index is 2.38. The Kier molecular flexibility index (Phi) is 1.55. The van der Waals surface area contributed by atoms with Crippen molar-refractivity contribution in [2.24, 2.45) is 4.99 Å². The summed E-state index contributed by atoms with van der Waals surface area (Å²) in [6, 6.07) is 0.451. The minimum absolute atomic E-state index is 0.145. The maximum Gasteiger partial charge on any atom is 0.290 e. The third kappa shape index (κ3) is 2.49. The first-order chi connectivity index (χ1) is 14.7. The molecule has 1 N–H and O–H groups in total. The lowest BCUT2D eigenvalue weighted by Crippen LogP contribution is -2.39. The van der Waals surface area contributed by atoms with Crippen LogP contribution < -0.4 is 5.32 Å². The molecule has 1 atom stereocenters. The van der Waals surface area contributed by atoms with Gasteiger partial charge in [-0.1, -0.05) is 41.8 Å². The van der Waals surface area contributed by atoms with E-state index in [1.165, 1.54) is 18.2 Å². The van der Waals surface area contributed by atoms with Crippen LogP contribution in [-0.2, 0) is 10.3 Å². The second kappa shape index (κ2) is 5.41. The first kappa shape index (κ1) is 6.01. The summed E-state index contributed by atoms with van der Waals surface area (Å²) in [6.07, 6.45) is 0. The van der Waals surface area contributed by atoms with Crippen molar-refractivity contribution in [3.63, 3.8) is 0 Å². The minimum Gasteiger partial charge on any atom is -0.449 e. The van der Waals surface area contributed by atoms with Gasteiger partial charge in [0.2, 0.25) is 0 Å². The van der Waals surface area contributed by atoms with E-state index in [2.05, 4.69) is 10.3 Å². The molecule has 0 amide bonds. The van der Waals surface area contributed by atoms with Gasteiger partial charge in [-0.2, -0.15) is 0 Å². The zero-order chi connectivity index (χ0) is 24.2. The topological polar surface area (TPSA) is 33.6 Å². The van der Waals surface area contributed by atoms with Crippen LogP contribution >= 0.6 is 11.6 Å². The molecule has 108 valence electrons. The number of amidine groups is 1. The van der Waals surface area contributed by atoms with Gasteiger partial charge in [-0.15, -0.1) is 0 Å². The number of halogens is 1. The van der Waals surface area contributed by atoms with E-state index in [1.54, 1.807) is 0 Å². The van der Waals surface area contributed by atoms with Gasteiger partial charge in [-0.3, -0.25) is 0 Å². The number of benzene rings is 2. The summed E-state index contributed by atoms with van der Waals surface area (Å²) in [5.41, 5.74) is -2.10. The molecule has 2 aromatic rings. The number of ether oxygens (including phenoxy) is 1. The second-order valence-corrected chi connectivity index (χ2v) is 4.71. The van der Waals surface area contributed by atoms with Gasteiger partial charge < -0.3 is 10.1 Å². The Morgan fingerprint density at radius 2 is 2.29 bits per heavy atom. The summed E-state index contributed by atoms with van der Waals surface area (Å²) in [6.45, 7) is -6.94. The van der Waals surface area contributed by atoms with Crippen LogP contribution in [0.2, 0.25) is 5.02 Å². The lowest BCUT2D eigenvalue weighted by atomic mass is 9.86. The number of nitrogens with one attached hydrogen (secondary N) is 1. The third-order valence-corrected chi connectivity index (χ3v) is 3.23. The highest BCUT2D eigenvalue weighted by atomic mass is 35.5. The molecule has 1 unspecified atom stereocenters. The average Bonchev–Trinajstić information content (AvgIpc) is 2.70. The van der Waals surface area contributed by atoms with Crippen LogP contribution in [0.1, 0.15) is 40.0 Å². The van der Waals surface area contributed by atoms with Crippen LogP contribution in [0.3, 0.4) is 0 Å². The van der Waals surface area contributed by atoms with Gasteiger partial charge in [0.15, 0.2) is 5.60 Å². The van der Waals surface area contributed by atoms with Gasteiger partial charge in [0.25, 0.3) is 6.02 Å². The molecule has 2 aromatic carbocycles. The molecule has 3 nitrogen and oxygen atoms in total. The maximum absolute atomic E-state index is 8.35. The van der Waals surface area contributed by atoms with Crippen LogP contribution in [-0.4, -0.2) is 12.5 Å². The summed E-state index contributed by atoms with van der Waals surface area (Å²) in [5.74, 6) is 0. The molecule has 1 aliphatic heterocycles. The third-order valence-electron chi connectivity index (χ3n) is 2.99. The zero-order valence-corrected chi connectivity index (χ0v) is 11.4. The first-order valence-corrected chi connectivity index (χ1v) is 6.26. The van der Waals surface area contributed by atoms with Crippen molar-refractivity contribution < 1.29 is 19.8 Å². The van der Waals surface area contributed by atoms with Crippen molar-refractivity contribution in [2.45, 2.75) is 19.4 Å². The van der Waals surface area contributed by atoms with Crippen LogP contribution in [0.5, 0.6) is 0 Å². The summed E-state index contributed by atoms with van der Waals surface area (Å²) in [4.78, 5) is 3.54. The molecule has 21 heavy (non-hydrogen) atoms. The highest BCUT2D eigenvalue weighted by Crippen LogP contribution is 2.41. The van der Waals surface area contributed by atoms with E-state index in [9.17, 15) is 0 Å².